The van der Waals surface area contributed by atoms with Crippen LogP contribution in [0.3, 0.4) is 0 Å². The van der Waals surface area contributed by atoms with Gasteiger partial charge in [0.2, 0.25) is 0 Å². The molecule has 0 aliphatic rings. The zero-order valence-corrected chi connectivity index (χ0v) is 15.6. The van der Waals surface area contributed by atoms with Gasteiger partial charge in [-0.3, -0.25) is 4.79 Å². The molecule has 1 aromatic carbocycles. The van der Waals surface area contributed by atoms with Crippen molar-refractivity contribution in [3.63, 3.8) is 0 Å². The molecule has 0 fully saturated rings. The topological polar surface area (TPSA) is 62.6 Å². The zero-order chi connectivity index (χ0) is 17.4. The summed E-state index contributed by atoms with van der Waals surface area (Å²) < 4.78 is 11.7. The fourth-order valence-electron chi connectivity index (χ4n) is 1.86. The molecule has 0 unspecified atom stereocenters. The summed E-state index contributed by atoms with van der Waals surface area (Å²) in [4.78, 5) is 13.8. The molecule has 5 nitrogen and oxygen atoms in total. The number of nitriles is 1. The van der Waals surface area contributed by atoms with E-state index in [0.29, 0.717) is 40.6 Å². The number of nitrogens with zero attached hydrogens (tertiary/aromatic N) is 2. The Morgan fingerprint density at radius 2 is 2.09 bits per heavy atom. The molecule has 1 amide bonds. The molecule has 23 heavy (non-hydrogen) atoms. The molecule has 0 bridgehead atoms. The Morgan fingerprint density at radius 3 is 2.65 bits per heavy atom. The summed E-state index contributed by atoms with van der Waals surface area (Å²) in [5.74, 6) is 1.35. The average Bonchev–Trinajstić information content (AvgIpc) is 2.51. The molecule has 0 aliphatic carbocycles. The van der Waals surface area contributed by atoms with Gasteiger partial charge in [-0.25, -0.2) is 0 Å². The summed E-state index contributed by atoms with van der Waals surface area (Å²) in [6.45, 7) is 7.17. The van der Waals surface area contributed by atoms with Crippen LogP contribution in [0.25, 0.3) is 0 Å². The van der Waals surface area contributed by atoms with Gasteiger partial charge in [0.1, 0.15) is 0 Å². The maximum Gasteiger partial charge on any atom is 0.260 e. The number of hydrogen-bond acceptors (Lipinski definition) is 4. The van der Waals surface area contributed by atoms with E-state index in [-0.39, 0.29) is 12.5 Å². The number of hydrogen-bond donors (Lipinski definition) is 0. The van der Waals surface area contributed by atoms with Crippen molar-refractivity contribution >= 4 is 21.8 Å². The number of carbonyl (C=O) groups is 1. The van der Waals surface area contributed by atoms with E-state index in [1.165, 1.54) is 0 Å². The molecular weight excluding hydrogens is 360 g/mol. The van der Waals surface area contributed by atoms with Crippen molar-refractivity contribution in [2.24, 2.45) is 5.92 Å². The monoisotopic (exact) mass is 382 g/mol. The molecule has 6 heteroatoms. The van der Waals surface area contributed by atoms with Crippen molar-refractivity contribution in [3.8, 4) is 17.6 Å². The van der Waals surface area contributed by atoms with Gasteiger partial charge in [0.25, 0.3) is 5.91 Å². The maximum absolute atomic E-state index is 12.1. The van der Waals surface area contributed by atoms with Crippen molar-refractivity contribution in [3.05, 3.63) is 22.2 Å². The van der Waals surface area contributed by atoms with Crippen LogP contribution in [0.1, 0.15) is 32.8 Å². The predicted molar refractivity (Wildman–Crippen MR) is 92.6 cm³/mol. The lowest BCUT2D eigenvalue weighted by molar-refractivity contribution is -0.132. The van der Waals surface area contributed by atoms with Crippen molar-refractivity contribution in [2.75, 3.05) is 26.8 Å². The van der Waals surface area contributed by atoms with E-state index < -0.39 is 0 Å². The van der Waals surface area contributed by atoms with Crippen LogP contribution in [-0.4, -0.2) is 37.6 Å². The van der Waals surface area contributed by atoms with Crippen LogP contribution in [0, 0.1) is 17.2 Å². The largest absolute Gasteiger partial charge is 0.490 e. The second-order valence-electron chi connectivity index (χ2n) is 5.62. The van der Waals surface area contributed by atoms with E-state index in [0.717, 1.165) is 6.42 Å². The van der Waals surface area contributed by atoms with E-state index >= 15 is 0 Å². The summed E-state index contributed by atoms with van der Waals surface area (Å²) in [6, 6.07) is 5.31. The normalized spacial score (nSPS) is 10.3. The molecule has 0 radical (unpaired) electrons. The molecule has 126 valence electrons. The van der Waals surface area contributed by atoms with Crippen molar-refractivity contribution in [1.29, 1.82) is 5.26 Å². The van der Waals surface area contributed by atoms with E-state index in [2.05, 4.69) is 35.8 Å². The van der Waals surface area contributed by atoms with Crippen molar-refractivity contribution < 1.29 is 14.3 Å². The lowest BCUT2D eigenvalue weighted by Gasteiger charge is -2.19. The third-order valence-electron chi connectivity index (χ3n) is 3.25. The minimum absolute atomic E-state index is 0.0703. The number of rotatable bonds is 8. The zero-order valence-electron chi connectivity index (χ0n) is 14.1. The number of amides is 1. The van der Waals surface area contributed by atoms with E-state index in [9.17, 15) is 4.79 Å². The fourth-order valence-corrected chi connectivity index (χ4v) is 2.41. The van der Waals surface area contributed by atoms with Gasteiger partial charge in [0.15, 0.2) is 18.1 Å². The Balaban J connectivity index is 2.77. The standard InChI is InChI=1S/C17H23BrN2O3/c1-5-22-15-9-13(10-19)8-14(18)17(15)23-11-16(21)20(4)7-6-12(2)3/h8-9,12H,5-7,11H2,1-4H3. The van der Waals surface area contributed by atoms with Gasteiger partial charge in [-0.05, 0) is 41.3 Å². The number of ether oxygens (including phenoxy) is 2. The predicted octanol–water partition coefficient (Wildman–Crippen LogP) is 3.60. The quantitative estimate of drug-likeness (QED) is 0.688. The number of benzene rings is 1. The lowest BCUT2D eigenvalue weighted by Crippen LogP contribution is -2.32. The highest BCUT2D eigenvalue weighted by molar-refractivity contribution is 9.10. The van der Waals surface area contributed by atoms with E-state index in [1.54, 1.807) is 24.1 Å². The SMILES string of the molecule is CCOc1cc(C#N)cc(Br)c1OCC(=O)N(C)CCC(C)C. The molecule has 0 aliphatic heterocycles. The van der Waals surface area contributed by atoms with Gasteiger partial charge in [0.05, 0.1) is 22.7 Å². The Labute approximate surface area is 146 Å². The second-order valence-corrected chi connectivity index (χ2v) is 6.47. The molecule has 1 rings (SSSR count). The van der Waals surface area contributed by atoms with Gasteiger partial charge >= 0.3 is 0 Å². The van der Waals surface area contributed by atoms with Crippen molar-refractivity contribution in [1.82, 2.24) is 4.90 Å². The second kappa shape index (κ2) is 9.41. The highest BCUT2D eigenvalue weighted by Gasteiger charge is 2.16. The van der Waals surface area contributed by atoms with Crippen LogP contribution in [0.4, 0.5) is 0 Å². The molecule has 0 N–H and O–H groups in total. The molecule has 1 aromatic rings. The Kier molecular flexibility index (Phi) is 7.90. The first-order valence-electron chi connectivity index (χ1n) is 7.62. The number of likely N-dealkylation sites (N-methyl/N-ethyl adjacent to an activating group) is 1. The first kappa shape index (κ1) is 19.3. The van der Waals surface area contributed by atoms with Gasteiger partial charge < -0.3 is 14.4 Å². The third kappa shape index (κ3) is 6.11. The first-order chi connectivity index (χ1) is 10.9. The molecule has 0 atom stereocenters. The Bertz CT molecular complexity index is 582. The van der Waals surface area contributed by atoms with Gasteiger partial charge in [-0.15, -0.1) is 0 Å². The van der Waals surface area contributed by atoms with Gasteiger partial charge in [-0.2, -0.15) is 5.26 Å². The minimum Gasteiger partial charge on any atom is -0.490 e. The lowest BCUT2D eigenvalue weighted by atomic mass is 10.1. The van der Waals surface area contributed by atoms with Gasteiger partial charge in [-0.1, -0.05) is 13.8 Å². The highest BCUT2D eigenvalue weighted by atomic mass is 79.9. The fraction of sp³-hybridized carbons (Fsp3) is 0.529. The summed E-state index contributed by atoms with van der Waals surface area (Å²) in [5, 5.41) is 9.01. The first-order valence-corrected chi connectivity index (χ1v) is 8.41. The van der Waals surface area contributed by atoms with Crippen LogP contribution in [0.15, 0.2) is 16.6 Å². The average molecular weight is 383 g/mol. The minimum atomic E-state index is -0.0932. The van der Waals surface area contributed by atoms with Crippen LogP contribution >= 0.6 is 15.9 Å². The summed E-state index contributed by atoms with van der Waals surface area (Å²) in [5.41, 5.74) is 0.466. The van der Waals surface area contributed by atoms with Crippen LogP contribution < -0.4 is 9.47 Å². The Morgan fingerprint density at radius 1 is 1.39 bits per heavy atom. The van der Waals surface area contributed by atoms with Crippen LogP contribution in [-0.2, 0) is 4.79 Å². The highest BCUT2D eigenvalue weighted by Crippen LogP contribution is 2.36. The molecular formula is C17H23BrN2O3. The summed E-state index contributed by atoms with van der Waals surface area (Å²) >= 11 is 3.36. The summed E-state index contributed by atoms with van der Waals surface area (Å²) in [7, 11) is 1.77. The molecule has 0 spiro atoms. The molecule has 0 saturated carbocycles. The molecule has 0 heterocycles. The third-order valence-corrected chi connectivity index (χ3v) is 3.84. The summed E-state index contributed by atoms with van der Waals surface area (Å²) in [6.07, 6.45) is 0.951. The van der Waals surface area contributed by atoms with Crippen molar-refractivity contribution in [2.45, 2.75) is 27.2 Å². The van der Waals surface area contributed by atoms with E-state index in [1.807, 2.05) is 6.92 Å². The maximum atomic E-state index is 12.1. The van der Waals surface area contributed by atoms with E-state index in [4.69, 9.17) is 14.7 Å². The molecule has 0 saturated heterocycles. The smallest absolute Gasteiger partial charge is 0.260 e. The number of halogens is 1. The van der Waals surface area contributed by atoms with Crippen LogP contribution in [0.2, 0.25) is 0 Å². The molecule has 0 aromatic heterocycles. The number of carbonyl (C=O) groups excluding carboxylic acids is 1. The Hall–Kier alpha value is -1.74. The van der Waals surface area contributed by atoms with Crippen LogP contribution in [0.5, 0.6) is 11.5 Å². The van der Waals surface area contributed by atoms with Gasteiger partial charge in [0, 0.05) is 19.7 Å².